The molecule has 0 spiro atoms. The number of nitro benzene ring substituents is 2. The fourth-order valence-corrected chi connectivity index (χ4v) is 4.50. The first-order valence-electron chi connectivity index (χ1n) is 9.63. The van der Waals surface area contributed by atoms with E-state index in [1.54, 1.807) is 20.8 Å². The van der Waals surface area contributed by atoms with E-state index >= 15 is 0 Å². The molecule has 0 saturated carbocycles. The summed E-state index contributed by atoms with van der Waals surface area (Å²) in [6.07, 6.45) is 1.71. The Kier molecular flexibility index (Phi) is 6.28. The summed E-state index contributed by atoms with van der Waals surface area (Å²) in [6, 6.07) is 1.67. The average molecular weight is 462 g/mol. The highest BCUT2D eigenvalue weighted by Crippen LogP contribution is 2.40. The zero-order valence-electron chi connectivity index (χ0n) is 17.9. The van der Waals surface area contributed by atoms with Crippen LogP contribution in [0.5, 0.6) is 5.75 Å². The van der Waals surface area contributed by atoms with Crippen LogP contribution in [0.15, 0.2) is 17.1 Å². The van der Waals surface area contributed by atoms with E-state index in [9.17, 15) is 30.1 Å². The van der Waals surface area contributed by atoms with E-state index in [-0.39, 0.29) is 5.56 Å². The van der Waals surface area contributed by atoms with Crippen LogP contribution in [0.2, 0.25) is 0 Å². The van der Waals surface area contributed by atoms with Gasteiger partial charge < -0.3 is 14.7 Å². The standard InChI is InChI=1S/C20H22N4O7S/c1-20(2,3)31-19(26)16-13-5-6-22(4)10-15(13)32-18(16)21-9-11-7-12(23(27)28)8-14(17(11)25)24(29)30/h7-9,25H,5-6,10H2,1-4H3. The molecule has 1 aromatic heterocycles. The number of likely N-dealkylation sites (N-methyl/N-ethyl adjacent to an activating group) is 1. The summed E-state index contributed by atoms with van der Waals surface area (Å²) in [7, 11) is 1.96. The molecule has 12 heteroatoms. The van der Waals surface area contributed by atoms with Gasteiger partial charge in [0.25, 0.3) is 5.69 Å². The van der Waals surface area contributed by atoms with Gasteiger partial charge in [-0.05, 0) is 39.8 Å². The normalized spacial score (nSPS) is 14.4. The van der Waals surface area contributed by atoms with Crippen molar-refractivity contribution in [3.8, 4) is 5.75 Å². The van der Waals surface area contributed by atoms with Gasteiger partial charge >= 0.3 is 11.7 Å². The van der Waals surface area contributed by atoms with Gasteiger partial charge in [-0.15, -0.1) is 11.3 Å². The Bertz CT molecular complexity index is 1130. The lowest BCUT2D eigenvalue weighted by Gasteiger charge is -2.23. The number of nitrogens with zero attached hydrogens (tertiary/aromatic N) is 4. The predicted octanol–water partition coefficient (Wildman–Crippen LogP) is 3.96. The van der Waals surface area contributed by atoms with Crippen molar-refractivity contribution >= 4 is 39.9 Å². The zero-order valence-corrected chi connectivity index (χ0v) is 18.8. The van der Waals surface area contributed by atoms with Crippen LogP contribution in [0.3, 0.4) is 0 Å². The SMILES string of the molecule is CN1CCc2c(sc(N=Cc3cc([N+](=O)[O-])cc([N+](=O)[O-])c3O)c2C(=O)OC(C)(C)C)C1. The largest absolute Gasteiger partial charge is 0.502 e. The number of carbonyl (C=O) groups excluding carboxylic acids is 1. The molecule has 0 radical (unpaired) electrons. The number of hydrogen-bond acceptors (Lipinski definition) is 10. The van der Waals surface area contributed by atoms with Gasteiger partial charge in [-0.3, -0.25) is 20.2 Å². The fraction of sp³-hybridized carbons (Fsp3) is 0.400. The second kappa shape index (κ2) is 8.63. The van der Waals surface area contributed by atoms with Crippen LogP contribution < -0.4 is 0 Å². The van der Waals surface area contributed by atoms with Crippen molar-refractivity contribution in [1.82, 2.24) is 4.90 Å². The molecule has 0 bridgehead atoms. The van der Waals surface area contributed by atoms with Gasteiger partial charge in [0.1, 0.15) is 10.6 Å². The second-order valence-electron chi connectivity index (χ2n) is 8.35. The molecule has 0 fully saturated rings. The summed E-state index contributed by atoms with van der Waals surface area (Å²) in [5.74, 6) is -1.29. The number of thiophene rings is 1. The number of aliphatic imine (C=N–C) groups is 1. The third-order valence-electron chi connectivity index (χ3n) is 4.66. The zero-order chi connectivity index (χ0) is 23.8. The predicted molar refractivity (Wildman–Crippen MR) is 118 cm³/mol. The Labute approximate surface area is 187 Å². The molecule has 0 aliphatic carbocycles. The van der Waals surface area contributed by atoms with Crippen LogP contribution in [-0.2, 0) is 17.7 Å². The average Bonchev–Trinajstić information content (AvgIpc) is 3.02. The number of rotatable bonds is 5. The third-order valence-corrected chi connectivity index (χ3v) is 5.79. The molecule has 11 nitrogen and oxygen atoms in total. The lowest BCUT2D eigenvalue weighted by Crippen LogP contribution is -2.28. The van der Waals surface area contributed by atoms with E-state index in [4.69, 9.17) is 4.74 Å². The summed E-state index contributed by atoms with van der Waals surface area (Å²) in [5.41, 5.74) is -1.15. The van der Waals surface area contributed by atoms with Gasteiger partial charge in [-0.25, -0.2) is 9.79 Å². The monoisotopic (exact) mass is 462 g/mol. The number of hydrogen-bond donors (Lipinski definition) is 1. The summed E-state index contributed by atoms with van der Waals surface area (Å²) in [5, 5.41) is 32.9. The number of ether oxygens (including phenoxy) is 1. The first-order valence-corrected chi connectivity index (χ1v) is 10.5. The number of phenolic OH excluding ortho intramolecular Hbond substituents is 1. The maximum absolute atomic E-state index is 12.9. The Morgan fingerprint density at radius 1 is 1.28 bits per heavy atom. The van der Waals surface area contributed by atoms with Gasteiger partial charge in [-0.2, -0.15) is 0 Å². The van der Waals surface area contributed by atoms with Gasteiger partial charge in [0.15, 0.2) is 0 Å². The molecule has 2 heterocycles. The van der Waals surface area contributed by atoms with Crippen molar-refractivity contribution in [1.29, 1.82) is 0 Å². The molecule has 0 atom stereocenters. The van der Waals surface area contributed by atoms with Crippen LogP contribution in [0.25, 0.3) is 0 Å². The van der Waals surface area contributed by atoms with Gasteiger partial charge in [0.2, 0.25) is 5.75 Å². The van der Waals surface area contributed by atoms with Crippen LogP contribution >= 0.6 is 11.3 Å². The van der Waals surface area contributed by atoms with E-state index in [1.165, 1.54) is 11.3 Å². The summed E-state index contributed by atoms with van der Waals surface area (Å²) < 4.78 is 5.54. The van der Waals surface area contributed by atoms with E-state index in [0.29, 0.717) is 29.6 Å². The molecule has 170 valence electrons. The molecule has 1 aliphatic heterocycles. The minimum Gasteiger partial charge on any atom is -0.502 e. The number of nitro groups is 2. The highest BCUT2D eigenvalue weighted by Gasteiger charge is 2.30. The Balaban J connectivity index is 2.10. The summed E-state index contributed by atoms with van der Waals surface area (Å²) in [6.45, 7) is 6.63. The Hall–Kier alpha value is -3.38. The van der Waals surface area contributed by atoms with Crippen molar-refractivity contribution in [2.24, 2.45) is 4.99 Å². The number of aromatic hydroxyl groups is 1. The number of fused-ring (bicyclic) bond motifs is 1. The van der Waals surface area contributed by atoms with E-state index in [0.717, 1.165) is 29.3 Å². The summed E-state index contributed by atoms with van der Waals surface area (Å²) >= 11 is 1.28. The molecular formula is C20H22N4O7S. The highest BCUT2D eigenvalue weighted by atomic mass is 32.1. The molecule has 0 saturated heterocycles. The van der Waals surface area contributed by atoms with Crippen LogP contribution in [-0.4, -0.2) is 51.2 Å². The minimum atomic E-state index is -0.911. The van der Waals surface area contributed by atoms with E-state index in [2.05, 4.69) is 9.89 Å². The Morgan fingerprint density at radius 3 is 2.56 bits per heavy atom. The van der Waals surface area contributed by atoms with Crippen molar-refractivity contribution in [2.45, 2.75) is 39.3 Å². The molecule has 0 amide bonds. The lowest BCUT2D eigenvalue weighted by atomic mass is 10.0. The number of phenols is 1. The van der Waals surface area contributed by atoms with Crippen molar-refractivity contribution < 1.29 is 24.5 Å². The molecule has 2 aromatic rings. The van der Waals surface area contributed by atoms with Gasteiger partial charge in [0, 0.05) is 35.8 Å². The summed E-state index contributed by atoms with van der Waals surface area (Å²) in [4.78, 5) is 40.9. The topological polar surface area (TPSA) is 148 Å². The third kappa shape index (κ3) is 4.92. The first kappa shape index (κ1) is 23.3. The molecule has 3 rings (SSSR count). The fourth-order valence-electron chi connectivity index (χ4n) is 3.24. The van der Waals surface area contributed by atoms with Crippen molar-refractivity contribution in [3.05, 3.63) is 53.9 Å². The molecule has 1 aromatic carbocycles. The molecule has 1 N–H and O–H groups in total. The van der Waals surface area contributed by atoms with Crippen LogP contribution in [0.1, 0.15) is 47.1 Å². The van der Waals surface area contributed by atoms with Crippen LogP contribution in [0, 0.1) is 20.2 Å². The van der Waals surface area contributed by atoms with Crippen molar-refractivity contribution in [2.75, 3.05) is 13.6 Å². The first-order chi connectivity index (χ1) is 14.9. The molecule has 1 aliphatic rings. The van der Waals surface area contributed by atoms with Gasteiger partial charge in [0.05, 0.1) is 21.5 Å². The molecule has 32 heavy (non-hydrogen) atoms. The smallest absolute Gasteiger partial charge is 0.342 e. The van der Waals surface area contributed by atoms with E-state index < -0.39 is 38.5 Å². The highest BCUT2D eigenvalue weighted by molar-refractivity contribution is 7.16. The molecular weight excluding hydrogens is 440 g/mol. The number of non-ortho nitro benzene ring substituents is 1. The maximum atomic E-state index is 12.9. The minimum absolute atomic E-state index is 0.204. The number of benzene rings is 1. The quantitative estimate of drug-likeness (QED) is 0.304. The van der Waals surface area contributed by atoms with Crippen LogP contribution in [0.4, 0.5) is 16.4 Å². The number of esters is 1. The van der Waals surface area contributed by atoms with Crippen molar-refractivity contribution in [3.63, 3.8) is 0 Å². The van der Waals surface area contributed by atoms with Gasteiger partial charge in [-0.1, -0.05) is 0 Å². The molecule has 0 unspecified atom stereocenters. The Morgan fingerprint density at radius 2 is 1.97 bits per heavy atom. The lowest BCUT2D eigenvalue weighted by molar-refractivity contribution is -0.394. The van der Waals surface area contributed by atoms with E-state index in [1.807, 2.05) is 7.05 Å². The maximum Gasteiger partial charge on any atom is 0.342 e. The second-order valence-corrected chi connectivity index (χ2v) is 9.43. The number of carbonyl (C=O) groups is 1.